The molecule has 0 bridgehead atoms. The van der Waals surface area contributed by atoms with Crippen molar-refractivity contribution >= 4 is 24.1 Å². The van der Waals surface area contributed by atoms with Crippen molar-refractivity contribution in [2.24, 2.45) is 0 Å². The molecule has 0 fully saturated rings. The monoisotopic (exact) mass is 359 g/mol. The summed E-state index contributed by atoms with van der Waals surface area (Å²) >= 11 is 0. The normalized spacial score (nSPS) is 13.9. The summed E-state index contributed by atoms with van der Waals surface area (Å²) in [5, 5.41) is 7.24. The molecule has 1 unspecified atom stereocenters. The topological polar surface area (TPSA) is 123 Å². The molecule has 3 amide bonds. The van der Waals surface area contributed by atoms with Gasteiger partial charge >= 0.3 is 24.1 Å². The molecule has 0 saturated heterocycles. The van der Waals surface area contributed by atoms with E-state index < -0.39 is 47.3 Å². The van der Waals surface area contributed by atoms with Gasteiger partial charge in [0.05, 0.1) is 0 Å². The van der Waals surface area contributed by atoms with Crippen LogP contribution in [0.25, 0.3) is 0 Å². The number of carbonyl (C=O) groups excluding carboxylic acids is 4. The number of hydrogen-bond acceptors (Lipinski definition) is 6. The number of rotatable bonds is 4. The summed E-state index contributed by atoms with van der Waals surface area (Å²) in [5.74, 6) is -1.90. The average molecular weight is 359 g/mol. The zero-order valence-corrected chi connectivity index (χ0v) is 16.1. The van der Waals surface area contributed by atoms with Gasteiger partial charge in [0.2, 0.25) is 0 Å². The first-order valence-electron chi connectivity index (χ1n) is 7.94. The first kappa shape index (κ1) is 22.7. The van der Waals surface area contributed by atoms with Gasteiger partial charge in [0, 0.05) is 5.54 Å². The van der Waals surface area contributed by atoms with E-state index in [-0.39, 0.29) is 0 Å². The number of esters is 2. The summed E-state index contributed by atoms with van der Waals surface area (Å²) in [6.07, 6.45) is -0.805. The molecule has 0 aromatic rings. The Hall–Kier alpha value is -2.32. The Morgan fingerprint density at radius 3 is 1.64 bits per heavy atom. The molecule has 0 aliphatic carbocycles. The predicted octanol–water partition coefficient (Wildman–Crippen LogP) is 1.46. The highest BCUT2D eigenvalue weighted by atomic mass is 16.6. The molecule has 0 radical (unpaired) electrons. The highest BCUT2D eigenvalue weighted by Gasteiger charge is 2.26. The Kier molecular flexibility index (Phi) is 7.88. The van der Waals surface area contributed by atoms with Gasteiger partial charge in [0.1, 0.15) is 17.7 Å². The minimum atomic E-state index is -1.09. The number of alkyl carbamates (subject to hydrolysis) is 1. The molecule has 0 aromatic heterocycles. The van der Waals surface area contributed by atoms with E-state index in [2.05, 4.69) is 20.7 Å². The molecule has 0 saturated carbocycles. The molecule has 0 aliphatic rings. The highest BCUT2D eigenvalue weighted by molar-refractivity contribution is 5.93. The van der Waals surface area contributed by atoms with E-state index in [1.54, 1.807) is 41.5 Å². The molecular formula is C16H29N3O6. The van der Waals surface area contributed by atoms with Crippen LogP contribution in [0.1, 0.15) is 55.4 Å². The first-order chi connectivity index (χ1) is 11.1. The lowest BCUT2D eigenvalue weighted by molar-refractivity contribution is -0.162. The van der Waals surface area contributed by atoms with Gasteiger partial charge in [-0.3, -0.25) is 0 Å². The molecule has 144 valence electrons. The van der Waals surface area contributed by atoms with Gasteiger partial charge in [-0.2, -0.15) is 0 Å². The van der Waals surface area contributed by atoms with Crippen LogP contribution in [0.15, 0.2) is 0 Å². The number of carbonyl (C=O) groups is 4. The summed E-state index contributed by atoms with van der Waals surface area (Å²) in [7, 11) is 0. The van der Waals surface area contributed by atoms with Gasteiger partial charge in [0.25, 0.3) is 0 Å². The third kappa shape index (κ3) is 11.0. The van der Waals surface area contributed by atoms with Crippen LogP contribution in [0.2, 0.25) is 0 Å². The van der Waals surface area contributed by atoms with Crippen molar-refractivity contribution in [3.05, 3.63) is 0 Å². The molecule has 0 heterocycles. The molecule has 25 heavy (non-hydrogen) atoms. The summed E-state index contributed by atoms with van der Waals surface area (Å²) in [6, 6.07) is -2.70. The van der Waals surface area contributed by atoms with E-state index >= 15 is 0 Å². The van der Waals surface area contributed by atoms with Crippen LogP contribution in [-0.2, 0) is 19.1 Å². The fourth-order valence-corrected chi connectivity index (χ4v) is 1.45. The lowest BCUT2D eigenvalue weighted by Gasteiger charge is -2.23. The second-order valence-electron chi connectivity index (χ2n) is 7.68. The SMILES string of the molecule is CC(NC(=O)NC(C)(C)C)C(=O)OC(=O)[C@H](C)NC(=O)OC(C)(C)C. The molecule has 2 atom stereocenters. The minimum Gasteiger partial charge on any atom is -0.444 e. The number of ether oxygens (including phenoxy) is 2. The van der Waals surface area contributed by atoms with E-state index in [0.717, 1.165) is 0 Å². The Labute approximate surface area is 148 Å². The van der Waals surface area contributed by atoms with Crippen LogP contribution >= 0.6 is 0 Å². The summed E-state index contributed by atoms with van der Waals surface area (Å²) < 4.78 is 9.65. The lowest BCUT2D eigenvalue weighted by Crippen LogP contribution is -2.51. The van der Waals surface area contributed by atoms with E-state index in [9.17, 15) is 19.2 Å². The van der Waals surface area contributed by atoms with Crippen molar-refractivity contribution in [1.82, 2.24) is 16.0 Å². The predicted molar refractivity (Wildman–Crippen MR) is 90.8 cm³/mol. The van der Waals surface area contributed by atoms with Crippen LogP contribution in [0, 0.1) is 0 Å². The summed E-state index contributed by atoms with van der Waals surface area (Å²) in [4.78, 5) is 46.9. The second-order valence-corrected chi connectivity index (χ2v) is 7.68. The summed E-state index contributed by atoms with van der Waals surface area (Å²) in [6.45, 7) is 13.1. The molecule has 9 nitrogen and oxygen atoms in total. The fourth-order valence-electron chi connectivity index (χ4n) is 1.45. The van der Waals surface area contributed by atoms with Crippen molar-refractivity contribution in [2.75, 3.05) is 0 Å². The Balaban J connectivity index is 4.46. The number of hydrogen-bond donors (Lipinski definition) is 3. The average Bonchev–Trinajstić information content (AvgIpc) is 2.33. The molecule has 3 N–H and O–H groups in total. The number of amides is 3. The highest BCUT2D eigenvalue weighted by Crippen LogP contribution is 2.07. The Morgan fingerprint density at radius 2 is 1.24 bits per heavy atom. The number of nitrogens with one attached hydrogen (secondary N) is 3. The largest absolute Gasteiger partial charge is 0.444 e. The lowest BCUT2D eigenvalue weighted by atomic mass is 10.1. The molecule has 0 aliphatic heterocycles. The molecule has 0 aromatic carbocycles. The van der Waals surface area contributed by atoms with E-state index in [0.29, 0.717) is 0 Å². The fraction of sp³-hybridized carbons (Fsp3) is 0.750. The maximum Gasteiger partial charge on any atom is 0.408 e. The van der Waals surface area contributed by atoms with E-state index in [1.165, 1.54) is 13.8 Å². The van der Waals surface area contributed by atoms with Gasteiger partial charge in [-0.05, 0) is 55.4 Å². The molecular weight excluding hydrogens is 330 g/mol. The minimum absolute atomic E-state index is 0.477. The van der Waals surface area contributed by atoms with Gasteiger partial charge < -0.3 is 25.4 Å². The van der Waals surface area contributed by atoms with Crippen LogP contribution in [0.4, 0.5) is 9.59 Å². The van der Waals surface area contributed by atoms with Crippen molar-refractivity contribution in [2.45, 2.75) is 78.6 Å². The maximum atomic E-state index is 11.8. The van der Waals surface area contributed by atoms with Crippen LogP contribution in [0.3, 0.4) is 0 Å². The Bertz CT molecular complexity index is 473. The van der Waals surface area contributed by atoms with Gasteiger partial charge in [-0.15, -0.1) is 0 Å². The third-order valence-electron chi connectivity index (χ3n) is 2.48. The van der Waals surface area contributed by atoms with Crippen LogP contribution in [-0.4, -0.2) is 47.3 Å². The van der Waals surface area contributed by atoms with Crippen molar-refractivity contribution in [1.29, 1.82) is 0 Å². The van der Waals surface area contributed by atoms with Gasteiger partial charge in [-0.25, -0.2) is 19.2 Å². The van der Waals surface area contributed by atoms with Crippen LogP contribution in [0.5, 0.6) is 0 Å². The maximum absolute atomic E-state index is 11.8. The number of urea groups is 1. The Morgan fingerprint density at radius 1 is 0.800 bits per heavy atom. The van der Waals surface area contributed by atoms with Crippen LogP contribution < -0.4 is 16.0 Å². The van der Waals surface area contributed by atoms with Crippen molar-refractivity contribution in [3.63, 3.8) is 0 Å². The molecule has 9 heteroatoms. The molecule has 0 rings (SSSR count). The molecule has 0 spiro atoms. The van der Waals surface area contributed by atoms with E-state index in [1.807, 2.05) is 0 Å². The van der Waals surface area contributed by atoms with Gasteiger partial charge in [-0.1, -0.05) is 0 Å². The van der Waals surface area contributed by atoms with Crippen molar-refractivity contribution in [3.8, 4) is 0 Å². The zero-order chi connectivity index (χ0) is 20.0. The smallest absolute Gasteiger partial charge is 0.408 e. The standard InChI is InChI=1S/C16H29N3O6/c1-9(17-13(22)19-15(3,4)5)11(20)24-12(21)10(2)18-14(23)25-16(6,7)8/h9-10H,1-8H3,(H,18,23)(H2,17,19,22)/t9?,10-/m0/s1. The second kappa shape index (κ2) is 8.68. The zero-order valence-electron chi connectivity index (χ0n) is 16.1. The van der Waals surface area contributed by atoms with Gasteiger partial charge in [0.15, 0.2) is 0 Å². The third-order valence-corrected chi connectivity index (χ3v) is 2.48. The van der Waals surface area contributed by atoms with E-state index in [4.69, 9.17) is 4.74 Å². The quantitative estimate of drug-likeness (QED) is 0.516. The summed E-state index contributed by atoms with van der Waals surface area (Å²) in [5.41, 5.74) is -1.20. The first-order valence-corrected chi connectivity index (χ1v) is 7.94. The van der Waals surface area contributed by atoms with Crippen molar-refractivity contribution < 1.29 is 28.7 Å².